The van der Waals surface area contributed by atoms with E-state index in [9.17, 15) is 0 Å². The van der Waals surface area contributed by atoms with Gasteiger partial charge in [0.1, 0.15) is 0 Å². The van der Waals surface area contributed by atoms with E-state index in [2.05, 4.69) is 41.4 Å². The lowest BCUT2D eigenvalue weighted by atomic mass is 9.83. The molecule has 0 spiro atoms. The molecule has 19 heavy (non-hydrogen) atoms. The van der Waals surface area contributed by atoms with E-state index < -0.39 is 0 Å². The van der Waals surface area contributed by atoms with Crippen molar-refractivity contribution in [3.8, 4) is 0 Å². The molecule has 2 heteroatoms. The van der Waals surface area contributed by atoms with Gasteiger partial charge in [0.15, 0.2) is 0 Å². The summed E-state index contributed by atoms with van der Waals surface area (Å²) in [5.41, 5.74) is 3.65. The minimum absolute atomic E-state index is 0.527. The van der Waals surface area contributed by atoms with Gasteiger partial charge in [-0.1, -0.05) is 31.2 Å². The molecule has 0 saturated carbocycles. The van der Waals surface area contributed by atoms with Gasteiger partial charge in [0.2, 0.25) is 0 Å². The maximum atomic E-state index is 3.56. The van der Waals surface area contributed by atoms with Crippen molar-refractivity contribution in [1.82, 2.24) is 10.2 Å². The van der Waals surface area contributed by atoms with E-state index in [0.717, 1.165) is 6.54 Å². The van der Waals surface area contributed by atoms with Crippen LogP contribution in [0.25, 0.3) is 0 Å². The summed E-state index contributed by atoms with van der Waals surface area (Å²) >= 11 is 0. The Morgan fingerprint density at radius 2 is 2.11 bits per heavy atom. The van der Waals surface area contributed by atoms with Crippen molar-refractivity contribution in [3.63, 3.8) is 0 Å². The molecule has 1 saturated heterocycles. The molecule has 3 rings (SSSR count). The van der Waals surface area contributed by atoms with Crippen LogP contribution in [0.4, 0.5) is 0 Å². The molecule has 2 aliphatic heterocycles. The maximum absolute atomic E-state index is 3.56. The van der Waals surface area contributed by atoms with Crippen LogP contribution in [0.2, 0.25) is 0 Å². The summed E-state index contributed by atoms with van der Waals surface area (Å²) in [5, 5.41) is 3.56. The predicted octanol–water partition coefficient (Wildman–Crippen LogP) is 2.82. The second-order valence-electron chi connectivity index (χ2n) is 6.36. The monoisotopic (exact) mass is 258 g/mol. The lowest BCUT2D eigenvalue weighted by Crippen LogP contribution is -2.38. The molecule has 1 aromatic rings. The van der Waals surface area contributed by atoms with E-state index in [1.807, 2.05) is 0 Å². The maximum Gasteiger partial charge on any atom is 0.0236 e. The predicted molar refractivity (Wildman–Crippen MR) is 80.3 cm³/mol. The molecule has 0 aromatic heterocycles. The van der Waals surface area contributed by atoms with E-state index in [0.29, 0.717) is 5.41 Å². The Kier molecular flexibility index (Phi) is 3.90. The number of nitrogens with one attached hydrogen (secondary N) is 1. The average Bonchev–Trinajstić information content (AvgIpc) is 2.80. The van der Waals surface area contributed by atoms with Gasteiger partial charge in [-0.05, 0) is 55.3 Å². The van der Waals surface area contributed by atoms with Crippen LogP contribution in [-0.4, -0.2) is 31.1 Å². The van der Waals surface area contributed by atoms with Crippen molar-refractivity contribution in [2.24, 2.45) is 5.41 Å². The molecular weight excluding hydrogens is 232 g/mol. The minimum Gasteiger partial charge on any atom is -0.316 e. The fraction of sp³-hybridized carbons (Fsp3) is 0.647. The van der Waals surface area contributed by atoms with E-state index in [1.165, 1.54) is 51.9 Å². The van der Waals surface area contributed by atoms with Gasteiger partial charge in [-0.2, -0.15) is 0 Å². The normalized spacial score (nSPS) is 28.1. The zero-order chi connectivity index (χ0) is 13.1. The van der Waals surface area contributed by atoms with E-state index in [4.69, 9.17) is 0 Å². The quantitative estimate of drug-likeness (QED) is 0.897. The van der Waals surface area contributed by atoms with Crippen LogP contribution < -0.4 is 5.32 Å². The van der Waals surface area contributed by atoms with Crippen molar-refractivity contribution < 1.29 is 0 Å². The molecule has 1 atom stereocenters. The Balaban J connectivity index is 1.72. The fourth-order valence-electron chi connectivity index (χ4n) is 3.72. The largest absolute Gasteiger partial charge is 0.316 e. The highest BCUT2D eigenvalue weighted by Crippen LogP contribution is 2.32. The number of hydrogen-bond acceptors (Lipinski definition) is 2. The molecule has 1 fully saturated rings. The average molecular weight is 258 g/mol. The molecule has 0 bridgehead atoms. The topological polar surface area (TPSA) is 15.3 Å². The van der Waals surface area contributed by atoms with Crippen molar-refractivity contribution in [2.75, 3.05) is 26.2 Å². The fourth-order valence-corrected chi connectivity index (χ4v) is 3.72. The molecule has 2 heterocycles. The third-order valence-electron chi connectivity index (χ3n) is 5.07. The summed E-state index contributed by atoms with van der Waals surface area (Å²) in [7, 11) is 0. The minimum atomic E-state index is 0.527. The smallest absolute Gasteiger partial charge is 0.0236 e. The van der Waals surface area contributed by atoms with Crippen molar-refractivity contribution >= 4 is 0 Å². The molecule has 2 nitrogen and oxygen atoms in total. The van der Waals surface area contributed by atoms with Gasteiger partial charge >= 0.3 is 0 Å². The van der Waals surface area contributed by atoms with E-state index >= 15 is 0 Å². The van der Waals surface area contributed by atoms with Crippen molar-refractivity contribution in [2.45, 2.75) is 39.2 Å². The molecular formula is C17H26N2. The molecule has 0 aliphatic carbocycles. The summed E-state index contributed by atoms with van der Waals surface area (Å²) < 4.78 is 0. The molecule has 1 N–H and O–H groups in total. The number of aryl methyl sites for hydroxylation is 1. The first-order valence-corrected chi connectivity index (χ1v) is 7.81. The summed E-state index contributed by atoms with van der Waals surface area (Å²) in [5.74, 6) is 0. The molecule has 2 aliphatic rings. The highest BCUT2D eigenvalue weighted by atomic mass is 15.1. The van der Waals surface area contributed by atoms with Gasteiger partial charge < -0.3 is 5.32 Å². The van der Waals surface area contributed by atoms with Crippen LogP contribution in [0.15, 0.2) is 24.3 Å². The SMILES string of the molecule is CCC1(CN2CCCc3ccccc3C2)CCNC1. The lowest BCUT2D eigenvalue weighted by molar-refractivity contribution is 0.153. The molecule has 0 amide bonds. The third-order valence-corrected chi connectivity index (χ3v) is 5.07. The van der Waals surface area contributed by atoms with Gasteiger partial charge in [0, 0.05) is 19.6 Å². The first-order chi connectivity index (χ1) is 9.31. The highest BCUT2D eigenvalue weighted by Gasteiger charge is 2.34. The standard InChI is InChI=1S/C17H26N2/c1-2-17(9-10-18-13-17)14-19-11-5-8-15-6-3-4-7-16(15)12-19/h3-4,6-7,18H,2,5,8-14H2,1H3. The zero-order valence-corrected chi connectivity index (χ0v) is 12.1. The van der Waals surface area contributed by atoms with Gasteiger partial charge in [-0.15, -0.1) is 0 Å². The summed E-state index contributed by atoms with van der Waals surface area (Å²) in [6.07, 6.45) is 5.22. The van der Waals surface area contributed by atoms with Crippen molar-refractivity contribution in [1.29, 1.82) is 0 Å². The second kappa shape index (κ2) is 5.64. The van der Waals surface area contributed by atoms with Crippen LogP contribution in [0.5, 0.6) is 0 Å². The zero-order valence-electron chi connectivity index (χ0n) is 12.1. The molecule has 0 radical (unpaired) electrons. The van der Waals surface area contributed by atoms with Gasteiger partial charge in [-0.3, -0.25) is 4.90 Å². The van der Waals surface area contributed by atoms with E-state index in [1.54, 1.807) is 11.1 Å². The summed E-state index contributed by atoms with van der Waals surface area (Å²) in [4.78, 5) is 2.70. The van der Waals surface area contributed by atoms with Gasteiger partial charge in [0.05, 0.1) is 0 Å². The Morgan fingerprint density at radius 3 is 2.84 bits per heavy atom. The lowest BCUT2D eigenvalue weighted by Gasteiger charge is -2.33. The van der Waals surface area contributed by atoms with Crippen LogP contribution in [0.1, 0.15) is 37.3 Å². The van der Waals surface area contributed by atoms with Crippen LogP contribution >= 0.6 is 0 Å². The van der Waals surface area contributed by atoms with Crippen LogP contribution in [0, 0.1) is 5.41 Å². The third kappa shape index (κ3) is 2.85. The Bertz CT molecular complexity index is 421. The van der Waals surface area contributed by atoms with Gasteiger partial charge in [0.25, 0.3) is 0 Å². The number of nitrogens with zero attached hydrogens (tertiary/aromatic N) is 1. The molecule has 104 valence electrons. The number of benzene rings is 1. The molecule has 1 aromatic carbocycles. The number of hydrogen-bond donors (Lipinski definition) is 1. The first-order valence-electron chi connectivity index (χ1n) is 7.81. The van der Waals surface area contributed by atoms with E-state index in [-0.39, 0.29) is 0 Å². The summed E-state index contributed by atoms with van der Waals surface area (Å²) in [6.45, 7) is 8.46. The Hall–Kier alpha value is -0.860. The van der Waals surface area contributed by atoms with Gasteiger partial charge in [-0.25, -0.2) is 0 Å². The second-order valence-corrected chi connectivity index (χ2v) is 6.36. The Labute approximate surface area is 117 Å². The number of fused-ring (bicyclic) bond motifs is 1. The molecule has 1 unspecified atom stereocenters. The van der Waals surface area contributed by atoms with Crippen molar-refractivity contribution in [3.05, 3.63) is 35.4 Å². The van der Waals surface area contributed by atoms with Crippen LogP contribution in [-0.2, 0) is 13.0 Å². The highest BCUT2D eigenvalue weighted by molar-refractivity contribution is 5.28. The van der Waals surface area contributed by atoms with Crippen LogP contribution in [0.3, 0.4) is 0 Å². The Morgan fingerprint density at radius 1 is 1.26 bits per heavy atom. The first kappa shape index (κ1) is 13.1. The summed E-state index contributed by atoms with van der Waals surface area (Å²) in [6, 6.07) is 9.00. The number of rotatable bonds is 3.